The van der Waals surface area contributed by atoms with E-state index in [4.69, 9.17) is 14.2 Å². The van der Waals surface area contributed by atoms with Crippen LogP contribution >= 0.6 is 0 Å². The van der Waals surface area contributed by atoms with E-state index >= 15 is 0 Å². The van der Waals surface area contributed by atoms with Gasteiger partial charge in [-0.15, -0.1) is 0 Å². The summed E-state index contributed by atoms with van der Waals surface area (Å²) in [6, 6.07) is 0. The smallest absolute Gasteiger partial charge is 0.305 e. The summed E-state index contributed by atoms with van der Waals surface area (Å²) in [5.41, 5.74) is 0.435. The second-order valence-corrected chi connectivity index (χ2v) is 16.6. The molecule has 1 atom stereocenters. The minimum Gasteiger partial charge on any atom is -0.466 e. The highest BCUT2D eigenvalue weighted by Gasteiger charge is 2.31. The summed E-state index contributed by atoms with van der Waals surface area (Å²) in [4.78, 5) is 15.2. The molecule has 0 aromatic heterocycles. The van der Waals surface area contributed by atoms with E-state index in [1.807, 2.05) is 0 Å². The van der Waals surface area contributed by atoms with Gasteiger partial charge in [0.05, 0.1) is 6.61 Å². The number of carbonyl (C=O) groups excluding carboxylic acids is 1. The Kier molecular flexibility index (Phi) is 32.3. The number of nitrogens with zero attached hydrogens (tertiary/aromatic N) is 1. The van der Waals surface area contributed by atoms with Crippen LogP contribution in [0.3, 0.4) is 0 Å². The minimum atomic E-state index is -0.134. The summed E-state index contributed by atoms with van der Waals surface area (Å²) in [6.45, 7) is 13.9. The van der Waals surface area contributed by atoms with Crippen LogP contribution in [0, 0.1) is 11.3 Å². The number of ether oxygens (including phenoxy) is 3. The third-order valence-corrected chi connectivity index (χ3v) is 11.4. The average Bonchev–Trinajstić information content (AvgIpc) is 3.11. The van der Waals surface area contributed by atoms with Crippen LogP contribution in [0.2, 0.25) is 0 Å². The fourth-order valence-electron chi connectivity index (χ4n) is 7.73. The van der Waals surface area contributed by atoms with E-state index in [-0.39, 0.29) is 12.3 Å². The SMILES string of the molecule is CCCCCCCCCCCCC(CCOC(=O)CCCCC(OCCCCCCCC)OCCCCCCCC)CC1(C)CCN(C)CC1. The lowest BCUT2D eigenvalue weighted by Gasteiger charge is -2.40. The molecule has 1 fully saturated rings. The largest absolute Gasteiger partial charge is 0.466 e. The van der Waals surface area contributed by atoms with Gasteiger partial charge in [-0.05, 0) is 89.3 Å². The van der Waals surface area contributed by atoms with Crippen LogP contribution in [0.5, 0.6) is 0 Å². The summed E-state index contributed by atoms with van der Waals surface area (Å²) >= 11 is 0. The van der Waals surface area contributed by atoms with E-state index < -0.39 is 0 Å². The van der Waals surface area contributed by atoms with Crippen molar-refractivity contribution >= 4 is 5.97 Å². The number of hydrogen-bond donors (Lipinski definition) is 0. The number of esters is 1. The molecule has 50 heavy (non-hydrogen) atoms. The summed E-state index contributed by atoms with van der Waals surface area (Å²) < 4.78 is 18.3. The van der Waals surface area contributed by atoms with Gasteiger partial charge in [-0.2, -0.15) is 0 Å². The Labute approximate surface area is 313 Å². The Morgan fingerprint density at radius 1 is 0.560 bits per heavy atom. The van der Waals surface area contributed by atoms with Crippen LogP contribution in [-0.2, 0) is 19.0 Å². The molecule has 1 unspecified atom stereocenters. The molecule has 5 heteroatoms. The summed E-state index contributed by atoms with van der Waals surface area (Å²) in [7, 11) is 2.26. The van der Waals surface area contributed by atoms with Crippen molar-refractivity contribution in [1.29, 1.82) is 0 Å². The van der Waals surface area contributed by atoms with Crippen LogP contribution in [0.1, 0.15) is 227 Å². The predicted octanol–water partition coefficient (Wildman–Crippen LogP) is 13.6. The molecule has 1 aliphatic rings. The molecule has 0 aromatic rings. The number of hydrogen-bond acceptors (Lipinski definition) is 5. The highest BCUT2D eigenvalue weighted by atomic mass is 16.7. The summed E-state index contributed by atoms with van der Waals surface area (Å²) in [5.74, 6) is 0.643. The van der Waals surface area contributed by atoms with Crippen LogP contribution in [0.4, 0.5) is 0 Å². The zero-order valence-corrected chi connectivity index (χ0v) is 34.7. The van der Waals surface area contributed by atoms with Crippen molar-refractivity contribution in [2.45, 2.75) is 233 Å². The molecule has 1 rings (SSSR count). The lowest BCUT2D eigenvalue weighted by molar-refractivity contribution is -0.150. The van der Waals surface area contributed by atoms with Gasteiger partial charge in [-0.1, -0.05) is 163 Å². The topological polar surface area (TPSA) is 48.0 Å². The number of unbranched alkanes of at least 4 members (excludes halogenated alkanes) is 20. The molecule has 0 aromatic carbocycles. The fourth-order valence-corrected chi connectivity index (χ4v) is 7.73. The van der Waals surface area contributed by atoms with Gasteiger partial charge in [-0.25, -0.2) is 0 Å². The third kappa shape index (κ3) is 28.9. The lowest BCUT2D eigenvalue weighted by atomic mass is 9.72. The number of rotatable bonds is 37. The van der Waals surface area contributed by atoms with Crippen molar-refractivity contribution in [3.05, 3.63) is 0 Å². The highest BCUT2D eigenvalue weighted by molar-refractivity contribution is 5.69. The first kappa shape index (κ1) is 47.4. The maximum absolute atomic E-state index is 12.7. The molecule has 0 amide bonds. The van der Waals surface area contributed by atoms with Crippen molar-refractivity contribution in [3.63, 3.8) is 0 Å². The second-order valence-electron chi connectivity index (χ2n) is 16.6. The van der Waals surface area contributed by atoms with Gasteiger partial charge in [0.2, 0.25) is 0 Å². The van der Waals surface area contributed by atoms with E-state index in [2.05, 4.69) is 39.6 Å². The van der Waals surface area contributed by atoms with Crippen LogP contribution in [-0.4, -0.2) is 57.1 Å². The van der Waals surface area contributed by atoms with E-state index in [9.17, 15) is 4.79 Å². The standard InChI is InChI=1S/C45H89NO4/c1-6-9-12-15-18-19-20-21-22-25-30-42(41-45(4)34-36-46(5)37-35-45)33-40-48-43(47)31-26-27-32-44(49-38-28-23-16-13-10-7-2)50-39-29-24-17-14-11-8-3/h42,44H,6-41H2,1-5H3. The quantitative estimate of drug-likeness (QED) is 0.0365. The van der Waals surface area contributed by atoms with Crippen LogP contribution in [0.15, 0.2) is 0 Å². The first-order chi connectivity index (χ1) is 24.4. The molecule has 0 bridgehead atoms. The van der Waals surface area contributed by atoms with Gasteiger partial charge in [0, 0.05) is 19.6 Å². The minimum absolute atomic E-state index is 0.0225. The van der Waals surface area contributed by atoms with Gasteiger partial charge in [0.15, 0.2) is 6.29 Å². The number of carbonyl (C=O) groups is 1. The summed E-state index contributed by atoms with van der Waals surface area (Å²) in [5, 5.41) is 0. The van der Waals surface area contributed by atoms with E-state index in [1.54, 1.807) is 0 Å². The Hall–Kier alpha value is -0.650. The molecule has 0 spiro atoms. The lowest BCUT2D eigenvalue weighted by Crippen LogP contribution is -2.37. The molecule has 0 N–H and O–H groups in total. The molecule has 0 aliphatic carbocycles. The maximum atomic E-state index is 12.7. The van der Waals surface area contributed by atoms with Crippen molar-refractivity contribution in [3.8, 4) is 0 Å². The monoisotopic (exact) mass is 708 g/mol. The normalized spacial score (nSPS) is 15.6. The van der Waals surface area contributed by atoms with Crippen molar-refractivity contribution in [1.82, 2.24) is 4.90 Å². The van der Waals surface area contributed by atoms with Crippen molar-refractivity contribution in [2.24, 2.45) is 11.3 Å². The van der Waals surface area contributed by atoms with Crippen LogP contribution < -0.4 is 0 Å². The zero-order chi connectivity index (χ0) is 36.4. The molecule has 1 aliphatic heterocycles. The first-order valence-electron chi connectivity index (χ1n) is 22.5. The predicted molar refractivity (Wildman–Crippen MR) is 216 cm³/mol. The molecule has 1 heterocycles. The maximum Gasteiger partial charge on any atom is 0.305 e. The molecule has 1 saturated heterocycles. The summed E-state index contributed by atoms with van der Waals surface area (Å²) in [6.07, 6.45) is 38.3. The van der Waals surface area contributed by atoms with Gasteiger partial charge in [-0.3, -0.25) is 4.79 Å². The van der Waals surface area contributed by atoms with Crippen LogP contribution in [0.25, 0.3) is 0 Å². The molecular weight excluding hydrogens is 618 g/mol. The highest BCUT2D eigenvalue weighted by Crippen LogP contribution is 2.39. The number of likely N-dealkylation sites (tertiary alicyclic amines) is 1. The first-order valence-corrected chi connectivity index (χ1v) is 22.5. The molecule has 0 saturated carbocycles. The van der Waals surface area contributed by atoms with E-state index in [1.165, 1.54) is 167 Å². The van der Waals surface area contributed by atoms with Gasteiger partial charge >= 0.3 is 5.97 Å². The number of piperidine rings is 1. The molecular formula is C45H89NO4. The van der Waals surface area contributed by atoms with Gasteiger partial charge in [0.1, 0.15) is 0 Å². The van der Waals surface area contributed by atoms with Crippen molar-refractivity contribution < 1.29 is 19.0 Å². The van der Waals surface area contributed by atoms with Gasteiger partial charge < -0.3 is 19.1 Å². The van der Waals surface area contributed by atoms with E-state index in [0.29, 0.717) is 24.4 Å². The molecule has 298 valence electrons. The second kappa shape index (κ2) is 34.1. The Bertz CT molecular complexity index is 704. The fraction of sp³-hybridized carbons (Fsp3) is 0.978. The average molecular weight is 708 g/mol. The van der Waals surface area contributed by atoms with E-state index in [0.717, 1.165) is 51.7 Å². The third-order valence-electron chi connectivity index (χ3n) is 11.4. The van der Waals surface area contributed by atoms with Gasteiger partial charge in [0.25, 0.3) is 0 Å². The van der Waals surface area contributed by atoms with Crippen molar-refractivity contribution in [2.75, 3.05) is 40.0 Å². The Balaban J connectivity index is 2.38. The molecule has 5 nitrogen and oxygen atoms in total. The molecule has 0 radical (unpaired) electrons. The Morgan fingerprint density at radius 2 is 1.00 bits per heavy atom. The Morgan fingerprint density at radius 3 is 1.50 bits per heavy atom. The zero-order valence-electron chi connectivity index (χ0n) is 34.7.